The lowest BCUT2D eigenvalue weighted by Gasteiger charge is -2.05. The molecule has 0 N–H and O–H groups in total. The zero-order chi connectivity index (χ0) is 15.5. The minimum Gasteiger partial charge on any atom is -0.293 e. The molecular formula is C15H12F2O3S. The van der Waals surface area contributed by atoms with E-state index in [2.05, 4.69) is 0 Å². The number of hydrogen-bond donors (Lipinski definition) is 0. The Bertz CT molecular complexity index is 756. The Labute approximate surface area is 121 Å². The predicted octanol–water partition coefficient (Wildman–Crippen LogP) is 2.76. The smallest absolute Gasteiger partial charge is 0.180 e. The Balaban J connectivity index is 2.16. The largest absolute Gasteiger partial charge is 0.293 e. The first-order valence-electron chi connectivity index (χ1n) is 6.10. The number of hydrogen-bond acceptors (Lipinski definition) is 3. The van der Waals surface area contributed by atoms with Gasteiger partial charge in [0.1, 0.15) is 17.4 Å². The number of sulfone groups is 1. The Morgan fingerprint density at radius 1 is 1.00 bits per heavy atom. The van der Waals surface area contributed by atoms with Crippen LogP contribution in [0.4, 0.5) is 8.78 Å². The van der Waals surface area contributed by atoms with Crippen LogP contribution in [0.3, 0.4) is 0 Å². The van der Waals surface area contributed by atoms with Crippen molar-refractivity contribution in [3.63, 3.8) is 0 Å². The van der Waals surface area contributed by atoms with Gasteiger partial charge in [0.15, 0.2) is 15.6 Å². The average molecular weight is 310 g/mol. The van der Waals surface area contributed by atoms with Crippen molar-refractivity contribution < 1.29 is 22.0 Å². The van der Waals surface area contributed by atoms with Crippen molar-refractivity contribution in [3.8, 4) is 0 Å². The highest BCUT2D eigenvalue weighted by atomic mass is 32.2. The van der Waals surface area contributed by atoms with Crippen LogP contribution in [-0.2, 0) is 15.6 Å². The van der Waals surface area contributed by atoms with E-state index in [0.717, 1.165) is 12.1 Å². The first-order valence-corrected chi connectivity index (χ1v) is 7.92. The molecule has 21 heavy (non-hydrogen) atoms. The summed E-state index contributed by atoms with van der Waals surface area (Å²) in [5.41, 5.74) is -0.0170. The van der Waals surface area contributed by atoms with E-state index < -0.39 is 38.6 Å². The highest BCUT2D eigenvalue weighted by molar-refractivity contribution is 7.91. The highest BCUT2D eigenvalue weighted by Gasteiger charge is 2.21. The minimum atomic E-state index is -3.75. The summed E-state index contributed by atoms with van der Waals surface area (Å²) >= 11 is 0. The summed E-state index contributed by atoms with van der Waals surface area (Å²) in [6.07, 6.45) is 0. The molecule has 6 heteroatoms. The lowest BCUT2D eigenvalue weighted by molar-refractivity contribution is 0.101. The number of carbonyl (C=O) groups excluding carboxylic acids is 1. The second-order valence-corrected chi connectivity index (χ2v) is 6.63. The molecule has 0 aliphatic rings. The third kappa shape index (κ3) is 4.19. The Morgan fingerprint density at radius 2 is 1.67 bits per heavy atom. The zero-order valence-electron chi connectivity index (χ0n) is 10.9. The van der Waals surface area contributed by atoms with Gasteiger partial charge in [0.25, 0.3) is 0 Å². The van der Waals surface area contributed by atoms with Gasteiger partial charge in [-0.2, -0.15) is 0 Å². The molecule has 3 nitrogen and oxygen atoms in total. The van der Waals surface area contributed by atoms with Gasteiger partial charge < -0.3 is 0 Å². The number of carbonyl (C=O) groups is 1. The Kier molecular flexibility index (Phi) is 4.47. The fraction of sp³-hybridized carbons (Fsp3) is 0.133. The van der Waals surface area contributed by atoms with Gasteiger partial charge in [0.05, 0.1) is 11.3 Å². The molecule has 0 saturated carbocycles. The van der Waals surface area contributed by atoms with Crippen molar-refractivity contribution in [2.45, 2.75) is 5.75 Å². The van der Waals surface area contributed by atoms with Gasteiger partial charge in [-0.05, 0) is 23.8 Å². The van der Waals surface area contributed by atoms with E-state index in [0.29, 0.717) is 11.6 Å². The van der Waals surface area contributed by atoms with Gasteiger partial charge in [0.2, 0.25) is 0 Å². The second-order valence-electron chi connectivity index (χ2n) is 4.57. The van der Waals surface area contributed by atoms with Crippen LogP contribution in [0.15, 0.2) is 48.5 Å². The summed E-state index contributed by atoms with van der Waals surface area (Å²) in [6.45, 7) is 0. The summed E-state index contributed by atoms with van der Waals surface area (Å²) in [5.74, 6) is -3.86. The number of benzene rings is 2. The molecule has 110 valence electrons. The van der Waals surface area contributed by atoms with Crippen molar-refractivity contribution in [1.82, 2.24) is 0 Å². The minimum absolute atomic E-state index is 0.323. The van der Waals surface area contributed by atoms with Crippen LogP contribution in [0.25, 0.3) is 0 Å². The zero-order valence-corrected chi connectivity index (χ0v) is 11.7. The monoisotopic (exact) mass is 310 g/mol. The summed E-state index contributed by atoms with van der Waals surface area (Å²) in [4.78, 5) is 11.8. The average Bonchev–Trinajstić information content (AvgIpc) is 2.41. The van der Waals surface area contributed by atoms with Gasteiger partial charge in [-0.3, -0.25) is 4.79 Å². The summed E-state index contributed by atoms with van der Waals surface area (Å²) in [7, 11) is -3.75. The second kappa shape index (κ2) is 6.13. The molecule has 0 aliphatic heterocycles. The topological polar surface area (TPSA) is 51.2 Å². The molecule has 0 saturated heterocycles. The first-order chi connectivity index (χ1) is 9.87. The molecular weight excluding hydrogens is 298 g/mol. The number of Topliss-reactive ketones (excluding diaryl/α,β-unsaturated/α-hetero) is 1. The normalized spacial score (nSPS) is 11.3. The quantitative estimate of drug-likeness (QED) is 0.798. The van der Waals surface area contributed by atoms with E-state index >= 15 is 0 Å². The van der Waals surface area contributed by atoms with Gasteiger partial charge in [-0.1, -0.05) is 30.3 Å². The number of ketones is 1. The molecule has 0 fully saturated rings. The molecule has 0 unspecified atom stereocenters. The SMILES string of the molecule is O=C(CS(=O)(=O)Cc1ccccc1)c1cc(F)ccc1F. The van der Waals surface area contributed by atoms with Gasteiger partial charge in [-0.25, -0.2) is 17.2 Å². The molecule has 0 amide bonds. The Hall–Kier alpha value is -2.08. The van der Waals surface area contributed by atoms with E-state index in [1.807, 2.05) is 0 Å². The summed E-state index contributed by atoms with van der Waals surface area (Å²) in [5, 5.41) is 0. The lowest BCUT2D eigenvalue weighted by atomic mass is 10.1. The van der Waals surface area contributed by atoms with Crippen molar-refractivity contribution >= 4 is 15.6 Å². The summed E-state index contributed by atoms with van der Waals surface area (Å²) in [6, 6.07) is 10.7. The van der Waals surface area contributed by atoms with Gasteiger partial charge in [0, 0.05) is 0 Å². The van der Waals surface area contributed by atoms with Crippen molar-refractivity contribution in [3.05, 3.63) is 71.3 Å². The van der Waals surface area contributed by atoms with Gasteiger partial charge >= 0.3 is 0 Å². The molecule has 0 aromatic heterocycles. The first kappa shape index (κ1) is 15.3. The van der Waals surface area contributed by atoms with Crippen LogP contribution >= 0.6 is 0 Å². The third-order valence-electron chi connectivity index (χ3n) is 2.81. The van der Waals surface area contributed by atoms with Crippen LogP contribution in [0.1, 0.15) is 15.9 Å². The number of rotatable bonds is 5. The van der Waals surface area contributed by atoms with Crippen LogP contribution in [0.5, 0.6) is 0 Å². The van der Waals surface area contributed by atoms with Crippen LogP contribution in [-0.4, -0.2) is 20.0 Å². The molecule has 0 aliphatic carbocycles. The molecule has 0 spiro atoms. The third-order valence-corrected chi connectivity index (χ3v) is 4.28. The van der Waals surface area contributed by atoms with E-state index in [1.54, 1.807) is 30.3 Å². The maximum atomic E-state index is 13.4. The van der Waals surface area contributed by atoms with Crippen LogP contribution in [0, 0.1) is 11.6 Å². The van der Waals surface area contributed by atoms with E-state index in [9.17, 15) is 22.0 Å². The molecule has 0 atom stereocenters. The summed E-state index contributed by atoms with van der Waals surface area (Å²) < 4.78 is 50.3. The molecule has 0 heterocycles. The fourth-order valence-electron chi connectivity index (χ4n) is 1.87. The fourth-order valence-corrected chi connectivity index (χ4v) is 3.23. The predicted molar refractivity (Wildman–Crippen MR) is 74.6 cm³/mol. The maximum Gasteiger partial charge on any atom is 0.180 e. The van der Waals surface area contributed by atoms with Crippen LogP contribution in [0.2, 0.25) is 0 Å². The van der Waals surface area contributed by atoms with Crippen molar-refractivity contribution in [2.24, 2.45) is 0 Å². The van der Waals surface area contributed by atoms with E-state index in [1.165, 1.54) is 0 Å². The number of halogens is 2. The van der Waals surface area contributed by atoms with Gasteiger partial charge in [-0.15, -0.1) is 0 Å². The molecule has 2 aromatic rings. The molecule has 2 aromatic carbocycles. The lowest BCUT2D eigenvalue weighted by Crippen LogP contribution is -2.19. The van der Waals surface area contributed by atoms with Crippen molar-refractivity contribution in [1.29, 1.82) is 0 Å². The van der Waals surface area contributed by atoms with E-state index in [4.69, 9.17) is 0 Å². The van der Waals surface area contributed by atoms with Crippen LogP contribution < -0.4 is 0 Å². The molecule has 0 bridgehead atoms. The van der Waals surface area contributed by atoms with Crippen molar-refractivity contribution in [2.75, 3.05) is 5.75 Å². The molecule has 0 radical (unpaired) electrons. The standard InChI is InChI=1S/C15H12F2O3S/c16-12-6-7-14(17)13(8-12)15(18)10-21(19,20)9-11-4-2-1-3-5-11/h1-8H,9-10H2. The maximum absolute atomic E-state index is 13.4. The highest BCUT2D eigenvalue weighted by Crippen LogP contribution is 2.13. The van der Waals surface area contributed by atoms with E-state index in [-0.39, 0.29) is 5.75 Å². The Morgan fingerprint density at radius 3 is 2.33 bits per heavy atom. The molecule has 2 rings (SSSR count).